The third kappa shape index (κ3) is 3.96. The first-order valence-electron chi connectivity index (χ1n) is 9.18. The number of carbonyl (C=O) groups excluding carboxylic acids is 1. The second-order valence-electron chi connectivity index (χ2n) is 6.66. The molecule has 0 unspecified atom stereocenters. The van der Waals surface area contributed by atoms with Gasteiger partial charge >= 0.3 is 6.09 Å². The van der Waals surface area contributed by atoms with E-state index in [0.29, 0.717) is 6.42 Å². The van der Waals surface area contributed by atoms with Gasteiger partial charge in [-0.05, 0) is 42.3 Å². The van der Waals surface area contributed by atoms with E-state index >= 15 is 0 Å². The molecule has 0 radical (unpaired) electrons. The molecule has 4 rings (SSSR count). The Bertz CT molecular complexity index is 925. The predicted octanol–water partition coefficient (Wildman–Crippen LogP) is 4.81. The molecule has 144 valence electrons. The molecule has 0 spiro atoms. The van der Waals surface area contributed by atoms with E-state index in [-0.39, 0.29) is 18.7 Å². The monoisotopic (exact) mass is 378 g/mol. The minimum absolute atomic E-state index is 0.0460. The summed E-state index contributed by atoms with van der Waals surface area (Å²) < 4.78 is 16.3. The second kappa shape index (κ2) is 8.08. The highest BCUT2D eigenvalue weighted by Gasteiger charge is 2.30. The Morgan fingerprint density at radius 3 is 2.79 bits per heavy atom. The Balaban J connectivity index is 1.51. The molecular weight excluding hydrogens is 356 g/mol. The van der Waals surface area contributed by atoms with Gasteiger partial charge in [0, 0.05) is 11.3 Å². The molecular formula is C22H22N2O4. The summed E-state index contributed by atoms with van der Waals surface area (Å²) in [4.78, 5) is 12.4. The lowest BCUT2D eigenvalue weighted by Gasteiger charge is -2.32. The topological polar surface area (TPSA) is 72.7 Å². The molecule has 2 aromatic carbocycles. The third-order valence-electron chi connectivity index (χ3n) is 4.83. The van der Waals surface area contributed by atoms with Crippen LogP contribution in [-0.4, -0.2) is 13.2 Å². The van der Waals surface area contributed by atoms with Gasteiger partial charge in [0.25, 0.3) is 0 Å². The van der Waals surface area contributed by atoms with Crippen molar-refractivity contribution in [2.45, 2.75) is 25.1 Å². The van der Waals surface area contributed by atoms with Gasteiger partial charge in [-0.25, -0.2) is 4.79 Å². The molecule has 2 atom stereocenters. The summed E-state index contributed by atoms with van der Waals surface area (Å²) in [5.41, 5.74) is 2.83. The number of carbonyl (C=O) groups is 1. The number of ether oxygens (including phenoxy) is 2. The zero-order valence-corrected chi connectivity index (χ0v) is 15.6. The largest absolute Gasteiger partial charge is 0.497 e. The maximum Gasteiger partial charge on any atom is 0.407 e. The number of amides is 1. The van der Waals surface area contributed by atoms with Crippen molar-refractivity contribution in [3.05, 3.63) is 83.8 Å². The zero-order chi connectivity index (χ0) is 19.3. The Morgan fingerprint density at radius 2 is 2.04 bits per heavy atom. The van der Waals surface area contributed by atoms with Gasteiger partial charge in [-0.15, -0.1) is 0 Å². The van der Waals surface area contributed by atoms with Crippen molar-refractivity contribution >= 4 is 11.8 Å². The minimum atomic E-state index is -0.456. The lowest BCUT2D eigenvalue weighted by atomic mass is 9.91. The fourth-order valence-electron chi connectivity index (χ4n) is 3.42. The number of hydrogen-bond donors (Lipinski definition) is 2. The second-order valence-corrected chi connectivity index (χ2v) is 6.66. The Morgan fingerprint density at radius 1 is 1.18 bits per heavy atom. The zero-order valence-electron chi connectivity index (χ0n) is 15.6. The number of nitrogens with one attached hydrogen (secondary N) is 2. The summed E-state index contributed by atoms with van der Waals surface area (Å²) in [6.07, 6.45) is 1.83. The molecule has 6 nitrogen and oxygen atoms in total. The number of furan rings is 1. The van der Waals surface area contributed by atoms with E-state index in [1.165, 1.54) is 0 Å². The van der Waals surface area contributed by atoms with Crippen LogP contribution in [0.1, 0.15) is 35.4 Å². The van der Waals surface area contributed by atoms with Gasteiger partial charge in [0.1, 0.15) is 18.1 Å². The van der Waals surface area contributed by atoms with Gasteiger partial charge in [-0.1, -0.05) is 30.3 Å². The Hall–Kier alpha value is -3.41. The molecule has 1 amide bonds. The lowest BCUT2D eigenvalue weighted by molar-refractivity contribution is 0.134. The highest BCUT2D eigenvalue weighted by atomic mass is 16.5. The van der Waals surface area contributed by atoms with Crippen LogP contribution in [0.2, 0.25) is 0 Å². The summed E-state index contributed by atoms with van der Waals surface area (Å²) >= 11 is 0. The molecule has 6 heteroatoms. The summed E-state index contributed by atoms with van der Waals surface area (Å²) in [5, 5.41) is 6.46. The molecule has 1 aromatic heterocycles. The van der Waals surface area contributed by atoms with Gasteiger partial charge in [0.05, 0.1) is 25.5 Å². The van der Waals surface area contributed by atoms with Gasteiger partial charge in [0.15, 0.2) is 0 Å². The minimum Gasteiger partial charge on any atom is -0.497 e. The number of rotatable bonds is 5. The first kappa shape index (κ1) is 18.0. The number of benzene rings is 2. The van der Waals surface area contributed by atoms with E-state index in [4.69, 9.17) is 13.9 Å². The SMILES string of the molecule is COc1ccc2c(c1)[C@@H](NC(=O)OCc1ccccc1)C[C@@H](c1ccco1)N2. The highest BCUT2D eigenvalue weighted by molar-refractivity contribution is 5.69. The molecule has 0 fully saturated rings. The molecule has 3 aromatic rings. The van der Waals surface area contributed by atoms with E-state index in [9.17, 15) is 4.79 Å². The quantitative estimate of drug-likeness (QED) is 0.666. The molecule has 28 heavy (non-hydrogen) atoms. The molecule has 0 saturated carbocycles. The van der Waals surface area contributed by atoms with Crippen LogP contribution in [-0.2, 0) is 11.3 Å². The van der Waals surface area contributed by atoms with E-state index in [1.54, 1.807) is 13.4 Å². The number of alkyl carbamates (subject to hydrolysis) is 1. The number of fused-ring (bicyclic) bond motifs is 1. The molecule has 2 heterocycles. The van der Waals surface area contributed by atoms with Crippen molar-refractivity contribution in [3.63, 3.8) is 0 Å². The smallest absolute Gasteiger partial charge is 0.407 e. The third-order valence-corrected chi connectivity index (χ3v) is 4.83. The summed E-state index contributed by atoms with van der Waals surface area (Å²) in [6, 6.07) is 18.9. The number of methoxy groups -OCH3 is 1. The summed E-state index contributed by atoms with van der Waals surface area (Å²) in [7, 11) is 1.63. The molecule has 0 aliphatic carbocycles. The molecule has 1 aliphatic heterocycles. The maximum absolute atomic E-state index is 12.4. The van der Waals surface area contributed by atoms with Crippen LogP contribution in [0.15, 0.2) is 71.3 Å². The first-order chi connectivity index (χ1) is 13.7. The van der Waals surface area contributed by atoms with Crippen LogP contribution < -0.4 is 15.4 Å². The van der Waals surface area contributed by atoms with Crippen LogP contribution in [0.3, 0.4) is 0 Å². The van der Waals surface area contributed by atoms with Crippen molar-refractivity contribution in [2.75, 3.05) is 12.4 Å². The fourth-order valence-corrected chi connectivity index (χ4v) is 3.42. The van der Waals surface area contributed by atoms with Crippen molar-refractivity contribution in [3.8, 4) is 5.75 Å². The van der Waals surface area contributed by atoms with Gasteiger partial charge < -0.3 is 24.5 Å². The molecule has 2 N–H and O–H groups in total. The lowest BCUT2D eigenvalue weighted by Crippen LogP contribution is -2.34. The average molecular weight is 378 g/mol. The van der Waals surface area contributed by atoms with Crippen LogP contribution in [0.5, 0.6) is 5.75 Å². The normalized spacial score (nSPS) is 17.9. The van der Waals surface area contributed by atoms with Crippen LogP contribution in [0.4, 0.5) is 10.5 Å². The van der Waals surface area contributed by atoms with Gasteiger partial charge in [0.2, 0.25) is 0 Å². The van der Waals surface area contributed by atoms with Crippen molar-refractivity contribution in [1.29, 1.82) is 0 Å². The van der Waals surface area contributed by atoms with Crippen molar-refractivity contribution in [2.24, 2.45) is 0 Å². The molecule has 0 bridgehead atoms. The van der Waals surface area contributed by atoms with Gasteiger partial charge in [-0.3, -0.25) is 0 Å². The van der Waals surface area contributed by atoms with Gasteiger partial charge in [-0.2, -0.15) is 0 Å². The van der Waals surface area contributed by atoms with Crippen LogP contribution in [0, 0.1) is 0 Å². The molecule has 1 aliphatic rings. The van der Waals surface area contributed by atoms with E-state index in [1.807, 2.05) is 60.7 Å². The average Bonchev–Trinajstić information content (AvgIpc) is 3.27. The Labute approximate surface area is 163 Å². The van der Waals surface area contributed by atoms with Crippen LogP contribution >= 0.6 is 0 Å². The van der Waals surface area contributed by atoms with Crippen molar-refractivity contribution < 1.29 is 18.7 Å². The van der Waals surface area contributed by atoms with Crippen molar-refractivity contribution in [1.82, 2.24) is 5.32 Å². The summed E-state index contributed by atoms with van der Waals surface area (Å²) in [6.45, 7) is 0.226. The highest BCUT2D eigenvalue weighted by Crippen LogP contribution is 2.40. The van der Waals surface area contributed by atoms with E-state index < -0.39 is 6.09 Å². The fraction of sp³-hybridized carbons (Fsp3) is 0.227. The standard InChI is InChI=1S/C22H22N2O4/c1-26-16-9-10-18-17(12-16)19(13-20(23-18)21-8-5-11-27-21)24-22(25)28-14-15-6-3-2-4-7-15/h2-12,19-20,23H,13-14H2,1H3,(H,24,25)/t19-,20-/m0/s1. The Kier molecular flexibility index (Phi) is 5.19. The predicted molar refractivity (Wildman–Crippen MR) is 105 cm³/mol. The number of hydrogen-bond acceptors (Lipinski definition) is 5. The van der Waals surface area contributed by atoms with E-state index in [2.05, 4.69) is 10.6 Å². The maximum atomic E-state index is 12.4. The number of anilines is 1. The van der Waals surface area contributed by atoms with E-state index in [0.717, 1.165) is 28.3 Å². The molecule has 0 saturated heterocycles. The first-order valence-corrected chi connectivity index (χ1v) is 9.18. The van der Waals surface area contributed by atoms with Crippen LogP contribution in [0.25, 0.3) is 0 Å². The summed E-state index contributed by atoms with van der Waals surface area (Å²) in [5.74, 6) is 1.56.